The molecule has 0 unspecified atom stereocenters. The molecule has 0 atom stereocenters. The fraction of sp³-hybridized carbons (Fsp3) is 0.500. The minimum atomic E-state index is 0.139. The molecule has 1 amide bonds. The van der Waals surface area contributed by atoms with Crippen LogP contribution in [-0.2, 0) is 4.79 Å². The Kier molecular flexibility index (Phi) is 3.93. The molecule has 2 rings (SSSR count). The second-order valence-electron chi connectivity index (χ2n) is 4.22. The molecule has 0 aromatic carbocycles. The van der Waals surface area contributed by atoms with E-state index in [1.165, 1.54) is 19.3 Å². The van der Waals surface area contributed by atoms with Crippen molar-refractivity contribution in [3.05, 3.63) is 22.9 Å². The number of carbonyl (C=O) groups excluding carboxylic acids is 1. The second kappa shape index (κ2) is 5.43. The van der Waals surface area contributed by atoms with Crippen LogP contribution in [0, 0.1) is 5.92 Å². The maximum atomic E-state index is 11.9. The van der Waals surface area contributed by atoms with Gasteiger partial charge in [0, 0.05) is 16.6 Å². The van der Waals surface area contributed by atoms with Gasteiger partial charge < -0.3 is 5.32 Å². The summed E-state index contributed by atoms with van der Waals surface area (Å²) in [5.41, 5.74) is 0.768. The van der Waals surface area contributed by atoms with Crippen LogP contribution in [0.5, 0.6) is 0 Å². The Bertz CT molecular complexity index is 375. The molecule has 0 spiro atoms. The van der Waals surface area contributed by atoms with Crippen molar-refractivity contribution < 1.29 is 4.79 Å². The third-order valence-electron chi connectivity index (χ3n) is 2.95. The van der Waals surface area contributed by atoms with Gasteiger partial charge in [-0.25, -0.2) is 0 Å². The van der Waals surface area contributed by atoms with Crippen molar-refractivity contribution in [1.82, 2.24) is 4.98 Å². The first-order valence-corrected chi connectivity index (χ1v) is 6.46. The zero-order chi connectivity index (χ0) is 11.4. The minimum Gasteiger partial charge on any atom is -0.324 e. The molecule has 4 heteroatoms. The van der Waals surface area contributed by atoms with Crippen LogP contribution in [0.3, 0.4) is 0 Å². The summed E-state index contributed by atoms with van der Waals surface area (Å²) in [7, 11) is 0. The third-order valence-corrected chi connectivity index (χ3v) is 3.38. The summed E-state index contributed by atoms with van der Waals surface area (Å²) in [5, 5.41) is 2.92. The van der Waals surface area contributed by atoms with Crippen molar-refractivity contribution in [1.29, 1.82) is 0 Å². The predicted molar refractivity (Wildman–Crippen MR) is 67.1 cm³/mol. The molecule has 1 fully saturated rings. The Morgan fingerprint density at radius 3 is 2.75 bits per heavy atom. The number of pyridine rings is 1. The smallest absolute Gasteiger partial charge is 0.227 e. The highest BCUT2D eigenvalue weighted by Gasteiger charge is 2.20. The predicted octanol–water partition coefficient (Wildman–Crippen LogP) is 3.36. The standard InChI is InChI=1S/C12H15BrN2O/c13-10-6-11(8-14-7-10)15-12(16)9-4-2-1-3-5-9/h6-9H,1-5H2,(H,15,16). The largest absolute Gasteiger partial charge is 0.324 e. The van der Waals surface area contributed by atoms with Gasteiger partial charge in [-0.2, -0.15) is 0 Å². The van der Waals surface area contributed by atoms with Crippen LogP contribution in [0.15, 0.2) is 22.9 Å². The third kappa shape index (κ3) is 3.04. The Labute approximate surface area is 104 Å². The zero-order valence-corrected chi connectivity index (χ0v) is 10.7. The summed E-state index contributed by atoms with van der Waals surface area (Å²) < 4.78 is 0.883. The van der Waals surface area contributed by atoms with Crippen molar-refractivity contribution in [3.8, 4) is 0 Å². The average molecular weight is 283 g/mol. The number of anilines is 1. The van der Waals surface area contributed by atoms with Gasteiger partial charge in [0.15, 0.2) is 0 Å². The lowest BCUT2D eigenvalue weighted by molar-refractivity contribution is -0.120. The van der Waals surface area contributed by atoms with Crippen molar-refractivity contribution in [2.24, 2.45) is 5.92 Å². The highest BCUT2D eigenvalue weighted by atomic mass is 79.9. The molecule has 0 saturated heterocycles. The molecule has 1 aromatic rings. The summed E-state index contributed by atoms with van der Waals surface area (Å²) >= 11 is 3.33. The number of carbonyl (C=O) groups is 1. The van der Waals surface area contributed by atoms with Crippen LogP contribution < -0.4 is 5.32 Å². The van der Waals surface area contributed by atoms with Gasteiger partial charge in [-0.3, -0.25) is 9.78 Å². The first-order chi connectivity index (χ1) is 7.75. The lowest BCUT2D eigenvalue weighted by Gasteiger charge is -2.20. The van der Waals surface area contributed by atoms with Crippen LogP contribution in [0.25, 0.3) is 0 Å². The SMILES string of the molecule is O=C(Nc1cncc(Br)c1)C1CCCCC1. The number of aromatic nitrogens is 1. The molecule has 0 aliphatic heterocycles. The first-order valence-electron chi connectivity index (χ1n) is 5.67. The highest BCUT2D eigenvalue weighted by Crippen LogP contribution is 2.25. The van der Waals surface area contributed by atoms with Crippen molar-refractivity contribution >= 4 is 27.5 Å². The Balaban J connectivity index is 1.96. The summed E-state index contributed by atoms with van der Waals surface area (Å²) in [6, 6.07) is 1.87. The Hall–Kier alpha value is -0.900. The molecule has 0 radical (unpaired) electrons. The number of halogens is 1. The molecule has 1 N–H and O–H groups in total. The number of hydrogen-bond donors (Lipinski definition) is 1. The normalized spacial score (nSPS) is 17.1. The van der Waals surface area contributed by atoms with Gasteiger partial charge in [0.2, 0.25) is 5.91 Å². The average Bonchev–Trinajstić information content (AvgIpc) is 2.30. The fourth-order valence-corrected chi connectivity index (χ4v) is 2.45. The molecule has 1 aliphatic carbocycles. The molecule has 1 aromatic heterocycles. The Morgan fingerprint density at radius 2 is 2.06 bits per heavy atom. The van der Waals surface area contributed by atoms with Gasteiger partial charge in [-0.15, -0.1) is 0 Å². The molecule has 0 bridgehead atoms. The summed E-state index contributed by atoms with van der Waals surface area (Å²) in [6.45, 7) is 0. The van der Waals surface area contributed by atoms with Crippen LogP contribution in [0.4, 0.5) is 5.69 Å². The van der Waals surface area contributed by atoms with E-state index in [-0.39, 0.29) is 11.8 Å². The molecular formula is C12H15BrN2O. The van der Waals surface area contributed by atoms with E-state index in [0.717, 1.165) is 23.0 Å². The highest BCUT2D eigenvalue weighted by molar-refractivity contribution is 9.10. The van der Waals surface area contributed by atoms with Gasteiger partial charge in [-0.1, -0.05) is 19.3 Å². The topological polar surface area (TPSA) is 42.0 Å². The number of amides is 1. The van der Waals surface area contributed by atoms with Crippen molar-refractivity contribution in [2.45, 2.75) is 32.1 Å². The monoisotopic (exact) mass is 282 g/mol. The van der Waals surface area contributed by atoms with Crippen LogP contribution >= 0.6 is 15.9 Å². The molecule has 3 nitrogen and oxygen atoms in total. The van der Waals surface area contributed by atoms with E-state index >= 15 is 0 Å². The molecule has 1 heterocycles. The van der Waals surface area contributed by atoms with Crippen molar-refractivity contribution in [3.63, 3.8) is 0 Å². The van der Waals surface area contributed by atoms with E-state index in [2.05, 4.69) is 26.2 Å². The van der Waals surface area contributed by atoms with E-state index in [4.69, 9.17) is 0 Å². The molecule has 16 heavy (non-hydrogen) atoms. The van der Waals surface area contributed by atoms with E-state index < -0.39 is 0 Å². The van der Waals surface area contributed by atoms with Gasteiger partial charge in [0.1, 0.15) is 0 Å². The maximum absolute atomic E-state index is 11.9. The minimum absolute atomic E-state index is 0.139. The first kappa shape index (κ1) is 11.6. The van der Waals surface area contributed by atoms with E-state index in [9.17, 15) is 4.79 Å². The van der Waals surface area contributed by atoms with Gasteiger partial charge in [-0.05, 0) is 34.8 Å². The van der Waals surface area contributed by atoms with E-state index in [0.29, 0.717) is 0 Å². The summed E-state index contributed by atoms with van der Waals surface area (Å²) in [4.78, 5) is 15.9. The molecular weight excluding hydrogens is 268 g/mol. The summed E-state index contributed by atoms with van der Waals surface area (Å²) in [5.74, 6) is 0.326. The van der Waals surface area contributed by atoms with Crippen molar-refractivity contribution in [2.75, 3.05) is 5.32 Å². The summed E-state index contributed by atoms with van der Waals surface area (Å²) in [6.07, 6.45) is 9.04. The van der Waals surface area contributed by atoms with Gasteiger partial charge in [0.25, 0.3) is 0 Å². The lowest BCUT2D eigenvalue weighted by Crippen LogP contribution is -2.24. The quantitative estimate of drug-likeness (QED) is 0.904. The lowest BCUT2D eigenvalue weighted by atomic mass is 9.88. The maximum Gasteiger partial charge on any atom is 0.227 e. The van der Waals surface area contributed by atoms with Gasteiger partial charge in [0.05, 0.1) is 11.9 Å². The molecule has 1 aliphatic rings. The number of nitrogens with zero attached hydrogens (tertiary/aromatic N) is 1. The number of nitrogens with one attached hydrogen (secondary N) is 1. The van der Waals surface area contributed by atoms with Crippen LogP contribution in [0.1, 0.15) is 32.1 Å². The number of rotatable bonds is 2. The second-order valence-corrected chi connectivity index (χ2v) is 5.13. The van der Waals surface area contributed by atoms with E-state index in [1.807, 2.05) is 6.07 Å². The van der Waals surface area contributed by atoms with Gasteiger partial charge >= 0.3 is 0 Å². The fourth-order valence-electron chi connectivity index (χ4n) is 2.09. The Morgan fingerprint density at radius 1 is 1.31 bits per heavy atom. The van der Waals surface area contributed by atoms with Crippen LogP contribution in [-0.4, -0.2) is 10.9 Å². The number of hydrogen-bond acceptors (Lipinski definition) is 2. The van der Waals surface area contributed by atoms with E-state index in [1.54, 1.807) is 12.4 Å². The van der Waals surface area contributed by atoms with Crippen LogP contribution in [0.2, 0.25) is 0 Å². The zero-order valence-electron chi connectivity index (χ0n) is 9.08. The molecule has 1 saturated carbocycles. The molecule has 86 valence electrons.